The molecular weight excluding hydrogens is 350 g/mol. The smallest absolute Gasteiger partial charge is 0.322 e. The number of carbonyl (C=O) groups excluding carboxylic acids is 1. The van der Waals surface area contributed by atoms with Gasteiger partial charge in [0, 0.05) is 17.4 Å². The van der Waals surface area contributed by atoms with E-state index in [9.17, 15) is 9.59 Å². The van der Waals surface area contributed by atoms with Gasteiger partial charge in [0.1, 0.15) is 15.8 Å². The zero-order chi connectivity index (χ0) is 18.9. The van der Waals surface area contributed by atoms with Crippen molar-refractivity contribution in [2.75, 3.05) is 6.61 Å². The van der Waals surface area contributed by atoms with Crippen molar-refractivity contribution in [3.05, 3.63) is 47.3 Å². The standard InChI is InChI=1S/C19H21N3O3S/c1-5-11-22-16(23)15-14(12-9-7-8-10-13(12)20-15)21-18(22)26-19(3,4)17(24)25-6-2/h5,7-10,20H,1,6,11H2,2-4H3. The monoisotopic (exact) mass is 371 g/mol. The fraction of sp³-hybridized carbons (Fsp3) is 0.316. The number of allylic oxidation sites excluding steroid dienone is 1. The van der Waals surface area contributed by atoms with Crippen molar-refractivity contribution in [1.29, 1.82) is 0 Å². The number of hydrogen-bond acceptors (Lipinski definition) is 5. The van der Waals surface area contributed by atoms with E-state index >= 15 is 0 Å². The third kappa shape index (κ3) is 3.14. The van der Waals surface area contributed by atoms with Crippen molar-refractivity contribution >= 4 is 39.7 Å². The molecule has 0 fully saturated rings. The molecule has 1 aromatic carbocycles. The maximum absolute atomic E-state index is 13.0. The maximum atomic E-state index is 13.0. The number of fused-ring (bicyclic) bond motifs is 3. The van der Waals surface area contributed by atoms with Crippen molar-refractivity contribution in [2.24, 2.45) is 0 Å². The largest absolute Gasteiger partial charge is 0.465 e. The third-order valence-electron chi connectivity index (χ3n) is 4.00. The van der Waals surface area contributed by atoms with E-state index < -0.39 is 4.75 Å². The van der Waals surface area contributed by atoms with Crippen LogP contribution in [0.4, 0.5) is 0 Å². The summed E-state index contributed by atoms with van der Waals surface area (Å²) in [5, 5.41) is 1.34. The summed E-state index contributed by atoms with van der Waals surface area (Å²) in [5.41, 5.74) is 1.72. The molecule has 26 heavy (non-hydrogen) atoms. The van der Waals surface area contributed by atoms with Crippen LogP contribution in [0.5, 0.6) is 0 Å². The average molecular weight is 371 g/mol. The molecule has 0 aliphatic carbocycles. The number of nitrogens with zero attached hydrogens (tertiary/aromatic N) is 2. The molecule has 1 N–H and O–H groups in total. The van der Waals surface area contributed by atoms with Gasteiger partial charge in [-0.05, 0) is 26.8 Å². The number of esters is 1. The predicted molar refractivity (Wildman–Crippen MR) is 105 cm³/mol. The summed E-state index contributed by atoms with van der Waals surface area (Å²) in [6, 6.07) is 7.63. The number of H-pyrrole nitrogens is 1. The van der Waals surface area contributed by atoms with Crippen LogP contribution in [-0.4, -0.2) is 31.9 Å². The van der Waals surface area contributed by atoms with Crippen LogP contribution in [0.2, 0.25) is 0 Å². The summed E-state index contributed by atoms with van der Waals surface area (Å²) < 4.78 is 5.80. The van der Waals surface area contributed by atoms with Crippen LogP contribution < -0.4 is 5.56 Å². The number of rotatable bonds is 6. The molecule has 0 aliphatic heterocycles. The number of aromatic amines is 1. The first kappa shape index (κ1) is 18.3. The lowest BCUT2D eigenvalue weighted by Gasteiger charge is -2.22. The van der Waals surface area contributed by atoms with Crippen LogP contribution in [0.3, 0.4) is 0 Å². The van der Waals surface area contributed by atoms with E-state index in [1.807, 2.05) is 24.3 Å². The zero-order valence-electron chi connectivity index (χ0n) is 15.0. The highest BCUT2D eigenvalue weighted by atomic mass is 32.2. The number of thioether (sulfide) groups is 1. The summed E-state index contributed by atoms with van der Waals surface area (Å²) in [7, 11) is 0. The zero-order valence-corrected chi connectivity index (χ0v) is 15.9. The van der Waals surface area contributed by atoms with E-state index in [4.69, 9.17) is 9.72 Å². The van der Waals surface area contributed by atoms with E-state index in [1.54, 1.807) is 26.8 Å². The van der Waals surface area contributed by atoms with Gasteiger partial charge >= 0.3 is 5.97 Å². The Labute approximate surface area is 155 Å². The molecule has 0 spiro atoms. The SMILES string of the molecule is C=CCn1c(SC(C)(C)C(=O)OCC)nc2c([nH]c3ccccc32)c1=O. The number of hydrogen-bond donors (Lipinski definition) is 1. The minimum atomic E-state index is -0.877. The van der Waals surface area contributed by atoms with Crippen molar-refractivity contribution in [1.82, 2.24) is 14.5 Å². The number of benzene rings is 1. The number of nitrogens with one attached hydrogen (secondary N) is 1. The molecule has 2 aromatic heterocycles. The van der Waals surface area contributed by atoms with Gasteiger partial charge in [-0.15, -0.1) is 6.58 Å². The van der Waals surface area contributed by atoms with Crippen molar-refractivity contribution in [3.63, 3.8) is 0 Å². The molecule has 0 saturated carbocycles. The van der Waals surface area contributed by atoms with Crippen LogP contribution in [0.1, 0.15) is 20.8 Å². The quantitative estimate of drug-likeness (QED) is 0.311. The van der Waals surface area contributed by atoms with Crippen molar-refractivity contribution in [2.45, 2.75) is 37.2 Å². The summed E-state index contributed by atoms with van der Waals surface area (Å²) in [5.74, 6) is -0.344. The average Bonchev–Trinajstić information content (AvgIpc) is 2.97. The van der Waals surface area contributed by atoms with Crippen molar-refractivity contribution < 1.29 is 9.53 Å². The molecule has 0 radical (unpaired) electrons. The van der Waals surface area contributed by atoms with Gasteiger partial charge in [-0.25, -0.2) is 4.98 Å². The van der Waals surface area contributed by atoms with Gasteiger partial charge in [-0.1, -0.05) is 36.0 Å². The van der Waals surface area contributed by atoms with Crippen LogP contribution in [0.15, 0.2) is 46.9 Å². The first-order valence-corrected chi connectivity index (χ1v) is 9.19. The molecule has 0 unspecified atom stereocenters. The number of carbonyl (C=O) groups is 1. The highest BCUT2D eigenvalue weighted by molar-refractivity contribution is 8.01. The predicted octanol–water partition coefficient (Wildman–Crippen LogP) is 3.50. The van der Waals surface area contributed by atoms with Gasteiger partial charge in [0.05, 0.1) is 6.61 Å². The van der Waals surface area contributed by atoms with Crippen LogP contribution in [0, 0.1) is 0 Å². The lowest BCUT2D eigenvalue weighted by molar-refractivity contribution is -0.145. The molecule has 0 aliphatic rings. The molecular formula is C19H21N3O3S. The Kier molecular flexibility index (Phi) is 4.91. The number of aromatic nitrogens is 3. The Hall–Kier alpha value is -2.54. The van der Waals surface area contributed by atoms with Gasteiger partial charge < -0.3 is 9.72 Å². The fourth-order valence-electron chi connectivity index (χ4n) is 2.72. The van der Waals surface area contributed by atoms with Crippen LogP contribution in [0.25, 0.3) is 21.9 Å². The topological polar surface area (TPSA) is 77.0 Å². The van der Waals surface area contributed by atoms with Crippen LogP contribution in [-0.2, 0) is 16.1 Å². The summed E-state index contributed by atoms with van der Waals surface area (Å²) in [6.07, 6.45) is 1.64. The Balaban J connectivity index is 2.21. The van der Waals surface area contributed by atoms with Crippen molar-refractivity contribution in [3.8, 4) is 0 Å². The third-order valence-corrected chi connectivity index (χ3v) is 5.17. The first-order chi connectivity index (χ1) is 12.4. The Bertz CT molecular complexity index is 1050. The van der Waals surface area contributed by atoms with Gasteiger partial charge in [-0.3, -0.25) is 14.2 Å². The van der Waals surface area contributed by atoms with Gasteiger partial charge in [0.2, 0.25) is 0 Å². The molecule has 6 nitrogen and oxygen atoms in total. The number of ether oxygens (including phenoxy) is 1. The molecule has 3 rings (SSSR count). The second-order valence-corrected chi connectivity index (χ2v) is 7.92. The highest BCUT2D eigenvalue weighted by Gasteiger charge is 2.33. The second-order valence-electron chi connectivity index (χ2n) is 6.33. The minimum absolute atomic E-state index is 0.187. The summed E-state index contributed by atoms with van der Waals surface area (Å²) in [6.45, 7) is 9.62. The Morgan fingerprint density at radius 1 is 1.42 bits per heavy atom. The highest BCUT2D eigenvalue weighted by Crippen LogP contribution is 2.33. The van der Waals surface area contributed by atoms with Gasteiger partial charge in [0.25, 0.3) is 5.56 Å². The van der Waals surface area contributed by atoms with E-state index in [0.29, 0.717) is 29.3 Å². The molecule has 136 valence electrons. The molecule has 0 atom stereocenters. The minimum Gasteiger partial charge on any atom is -0.465 e. The van der Waals surface area contributed by atoms with E-state index in [1.165, 1.54) is 16.3 Å². The normalized spacial score (nSPS) is 11.8. The lowest BCUT2D eigenvalue weighted by atomic mass is 10.2. The molecule has 0 bridgehead atoms. The summed E-state index contributed by atoms with van der Waals surface area (Å²) >= 11 is 1.22. The molecule has 3 aromatic rings. The molecule has 0 amide bonds. The molecule has 2 heterocycles. The fourth-order valence-corrected chi connectivity index (χ4v) is 3.72. The van der Waals surface area contributed by atoms with E-state index in [2.05, 4.69) is 11.6 Å². The summed E-state index contributed by atoms with van der Waals surface area (Å²) in [4.78, 5) is 33.1. The first-order valence-electron chi connectivity index (χ1n) is 8.37. The maximum Gasteiger partial charge on any atom is 0.322 e. The molecule has 7 heteroatoms. The Morgan fingerprint density at radius 2 is 2.15 bits per heavy atom. The molecule has 0 saturated heterocycles. The Morgan fingerprint density at radius 3 is 2.85 bits per heavy atom. The van der Waals surface area contributed by atoms with Gasteiger partial charge in [0.15, 0.2) is 5.16 Å². The van der Waals surface area contributed by atoms with Gasteiger partial charge in [-0.2, -0.15) is 0 Å². The second kappa shape index (κ2) is 6.99. The number of para-hydroxylation sites is 1. The van der Waals surface area contributed by atoms with E-state index in [-0.39, 0.29) is 11.5 Å². The lowest BCUT2D eigenvalue weighted by Crippen LogP contribution is -2.32. The van der Waals surface area contributed by atoms with Crippen LogP contribution >= 0.6 is 11.8 Å². The van der Waals surface area contributed by atoms with E-state index in [0.717, 1.165) is 10.9 Å².